The van der Waals surface area contributed by atoms with E-state index in [1.807, 2.05) is 0 Å². The predicted molar refractivity (Wildman–Crippen MR) is 81.3 cm³/mol. The third-order valence-corrected chi connectivity index (χ3v) is 4.39. The summed E-state index contributed by atoms with van der Waals surface area (Å²) >= 11 is 5.76. The maximum absolute atomic E-state index is 13.2. The Hall–Kier alpha value is -2.59. The number of hydrogen-bond donors (Lipinski definition) is 1. The Labute approximate surface area is 140 Å². The second-order valence-corrected chi connectivity index (χ2v) is 6.56. The minimum Gasteiger partial charge on any atom is -0.278 e. The summed E-state index contributed by atoms with van der Waals surface area (Å²) in [7, 11) is -4.20. The molecule has 11 heteroatoms. The quantitative estimate of drug-likeness (QED) is 0.711. The fraction of sp³-hybridized carbons (Fsp3) is 0. The Balaban J connectivity index is 2.01. The van der Waals surface area contributed by atoms with E-state index >= 15 is 0 Å². The molecular formula is C13H8ClF2N5O2S. The molecule has 0 fully saturated rings. The molecule has 0 atom stereocenters. The minimum absolute atomic E-state index is 0.0224. The SMILES string of the molecule is O=S(=O)(Nc1cc(F)cc(F)c1)c1cncn1-c1nccc(Cl)n1. The fourth-order valence-corrected chi connectivity index (χ4v) is 3.15. The number of sulfonamides is 1. The van der Waals surface area contributed by atoms with E-state index in [4.69, 9.17) is 11.6 Å². The zero-order chi connectivity index (χ0) is 17.3. The van der Waals surface area contributed by atoms with Crippen LogP contribution in [0.2, 0.25) is 5.15 Å². The van der Waals surface area contributed by atoms with Crippen molar-refractivity contribution in [2.24, 2.45) is 0 Å². The third-order valence-electron chi connectivity index (χ3n) is 2.82. The Kier molecular flexibility index (Phi) is 4.16. The van der Waals surface area contributed by atoms with Crippen LogP contribution in [-0.4, -0.2) is 27.9 Å². The molecule has 0 amide bonds. The molecule has 0 bridgehead atoms. The van der Waals surface area contributed by atoms with Gasteiger partial charge in [0.15, 0.2) is 5.03 Å². The number of nitrogens with zero attached hydrogens (tertiary/aromatic N) is 4. The van der Waals surface area contributed by atoms with Gasteiger partial charge in [-0.15, -0.1) is 0 Å². The standard InChI is InChI=1S/C13H8ClF2N5O2S/c14-11-1-2-18-13(19-11)21-7-17-6-12(21)24(22,23)20-10-4-8(15)3-9(16)5-10/h1-7,20H. The van der Waals surface area contributed by atoms with E-state index in [1.54, 1.807) is 0 Å². The Bertz CT molecular complexity index is 989. The van der Waals surface area contributed by atoms with Crippen molar-refractivity contribution in [3.8, 4) is 5.95 Å². The van der Waals surface area contributed by atoms with Gasteiger partial charge in [0.2, 0.25) is 5.95 Å². The number of rotatable bonds is 4. The predicted octanol–water partition coefficient (Wildman–Crippen LogP) is 2.39. The summed E-state index contributed by atoms with van der Waals surface area (Å²) in [6, 6.07) is 3.74. The van der Waals surface area contributed by atoms with E-state index < -0.39 is 21.7 Å². The van der Waals surface area contributed by atoms with Crippen LogP contribution in [0.4, 0.5) is 14.5 Å². The van der Waals surface area contributed by atoms with Crippen LogP contribution in [0.3, 0.4) is 0 Å². The van der Waals surface area contributed by atoms with Crippen molar-refractivity contribution < 1.29 is 17.2 Å². The minimum atomic E-state index is -4.20. The van der Waals surface area contributed by atoms with Gasteiger partial charge in [-0.1, -0.05) is 11.6 Å². The molecule has 0 saturated carbocycles. The molecule has 1 aromatic carbocycles. The largest absolute Gasteiger partial charge is 0.279 e. The highest BCUT2D eigenvalue weighted by Crippen LogP contribution is 2.20. The van der Waals surface area contributed by atoms with Crippen LogP contribution < -0.4 is 4.72 Å². The number of imidazole rings is 1. The van der Waals surface area contributed by atoms with Crippen molar-refractivity contribution in [1.29, 1.82) is 0 Å². The van der Waals surface area contributed by atoms with Gasteiger partial charge in [0.05, 0.1) is 11.9 Å². The molecule has 2 aromatic heterocycles. The number of hydrogen-bond acceptors (Lipinski definition) is 5. The summed E-state index contributed by atoms with van der Waals surface area (Å²) < 4.78 is 54.5. The number of benzene rings is 1. The van der Waals surface area contributed by atoms with E-state index in [0.29, 0.717) is 6.07 Å². The molecule has 0 spiro atoms. The molecule has 24 heavy (non-hydrogen) atoms. The fourth-order valence-electron chi connectivity index (χ4n) is 1.90. The molecule has 1 N–H and O–H groups in total. The second-order valence-electron chi connectivity index (χ2n) is 4.54. The van der Waals surface area contributed by atoms with Crippen LogP contribution in [0.15, 0.2) is 48.0 Å². The first kappa shape index (κ1) is 16.3. The van der Waals surface area contributed by atoms with Gasteiger partial charge in [0, 0.05) is 12.3 Å². The van der Waals surface area contributed by atoms with Gasteiger partial charge >= 0.3 is 0 Å². The maximum Gasteiger partial charge on any atom is 0.279 e. The maximum atomic E-state index is 13.2. The topological polar surface area (TPSA) is 89.8 Å². The van der Waals surface area contributed by atoms with Gasteiger partial charge in [-0.05, 0) is 18.2 Å². The number of nitrogens with one attached hydrogen (secondary N) is 1. The highest BCUT2D eigenvalue weighted by Gasteiger charge is 2.22. The molecule has 3 rings (SSSR count). The van der Waals surface area contributed by atoms with Crippen LogP contribution in [0.1, 0.15) is 0 Å². The molecule has 0 aliphatic heterocycles. The molecule has 0 saturated heterocycles. The lowest BCUT2D eigenvalue weighted by atomic mass is 10.3. The molecular weight excluding hydrogens is 364 g/mol. The summed E-state index contributed by atoms with van der Waals surface area (Å²) in [5.74, 6) is -1.86. The van der Waals surface area contributed by atoms with Crippen molar-refractivity contribution >= 4 is 27.3 Å². The molecule has 0 radical (unpaired) electrons. The summed E-state index contributed by atoms with van der Waals surface area (Å²) in [6.45, 7) is 0. The van der Waals surface area contributed by atoms with E-state index in [2.05, 4.69) is 19.7 Å². The van der Waals surface area contributed by atoms with E-state index in [-0.39, 0.29) is 21.8 Å². The smallest absolute Gasteiger partial charge is 0.278 e. The van der Waals surface area contributed by atoms with Crippen LogP contribution in [-0.2, 0) is 10.0 Å². The Morgan fingerprint density at radius 3 is 2.54 bits per heavy atom. The average Bonchev–Trinajstić information content (AvgIpc) is 2.95. The lowest BCUT2D eigenvalue weighted by molar-refractivity contribution is 0.583. The first-order valence-corrected chi connectivity index (χ1v) is 8.21. The van der Waals surface area contributed by atoms with Gasteiger partial charge in [-0.2, -0.15) is 8.42 Å². The van der Waals surface area contributed by atoms with Gasteiger partial charge in [-0.3, -0.25) is 9.29 Å². The molecule has 0 aliphatic rings. The number of aromatic nitrogens is 4. The Morgan fingerprint density at radius 1 is 1.17 bits per heavy atom. The van der Waals surface area contributed by atoms with Gasteiger partial charge in [0.25, 0.3) is 10.0 Å². The number of anilines is 1. The summed E-state index contributed by atoms with van der Waals surface area (Å²) in [6.07, 6.45) is 3.56. The zero-order valence-corrected chi connectivity index (χ0v) is 13.3. The van der Waals surface area contributed by atoms with Gasteiger partial charge in [-0.25, -0.2) is 23.7 Å². The van der Waals surface area contributed by atoms with Crippen molar-refractivity contribution in [1.82, 2.24) is 19.5 Å². The van der Waals surface area contributed by atoms with E-state index in [9.17, 15) is 17.2 Å². The molecule has 2 heterocycles. The van der Waals surface area contributed by atoms with Crippen molar-refractivity contribution in [2.45, 2.75) is 5.03 Å². The first-order chi connectivity index (χ1) is 11.3. The molecule has 0 unspecified atom stereocenters. The lowest BCUT2D eigenvalue weighted by Crippen LogP contribution is -2.17. The monoisotopic (exact) mass is 371 g/mol. The highest BCUT2D eigenvalue weighted by atomic mass is 35.5. The van der Waals surface area contributed by atoms with Crippen LogP contribution >= 0.6 is 11.6 Å². The number of halogens is 3. The summed E-state index contributed by atoms with van der Waals surface area (Å²) in [5.41, 5.74) is -0.271. The first-order valence-electron chi connectivity index (χ1n) is 6.35. The lowest BCUT2D eigenvalue weighted by Gasteiger charge is -2.10. The van der Waals surface area contributed by atoms with Gasteiger partial charge < -0.3 is 0 Å². The Morgan fingerprint density at radius 2 is 1.88 bits per heavy atom. The van der Waals surface area contributed by atoms with Crippen LogP contribution in [0, 0.1) is 11.6 Å². The van der Waals surface area contributed by atoms with Crippen LogP contribution in [0.5, 0.6) is 0 Å². The third kappa shape index (κ3) is 3.34. The van der Waals surface area contributed by atoms with Crippen molar-refractivity contribution in [2.75, 3.05) is 4.72 Å². The molecule has 124 valence electrons. The summed E-state index contributed by atoms with van der Waals surface area (Å²) in [5, 5.41) is -0.216. The van der Waals surface area contributed by atoms with Crippen molar-refractivity contribution in [3.63, 3.8) is 0 Å². The average molecular weight is 372 g/mol. The molecule has 7 nitrogen and oxygen atoms in total. The van der Waals surface area contributed by atoms with Crippen LogP contribution in [0.25, 0.3) is 5.95 Å². The summed E-state index contributed by atoms with van der Waals surface area (Å²) in [4.78, 5) is 11.5. The van der Waals surface area contributed by atoms with Crippen molar-refractivity contribution in [3.05, 3.63) is 59.8 Å². The second kappa shape index (κ2) is 6.13. The molecule has 0 aliphatic carbocycles. The van der Waals surface area contributed by atoms with E-state index in [0.717, 1.165) is 22.9 Å². The van der Waals surface area contributed by atoms with E-state index in [1.165, 1.54) is 18.6 Å². The van der Waals surface area contributed by atoms with Gasteiger partial charge in [0.1, 0.15) is 23.1 Å². The molecule has 3 aromatic rings. The highest BCUT2D eigenvalue weighted by molar-refractivity contribution is 7.92. The normalized spacial score (nSPS) is 11.5. The zero-order valence-electron chi connectivity index (χ0n) is 11.7.